The van der Waals surface area contributed by atoms with E-state index in [1.54, 1.807) is 14.2 Å². The first-order valence-corrected chi connectivity index (χ1v) is 10.7. The molecule has 1 N–H and O–H groups in total. The zero-order valence-electron chi connectivity index (χ0n) is 18.7. The van der Waals surface area contributed by atoms with Crippen molar-refractivity contribution in [1.82, 2.24) is 4.98 Å². The first kappa shape index (κ1) is 21.9. The van der Waals surface area contributed by atoms with Gasteiger partial charge in [-0.25, -0.2) is 4.98 Å². The molecule has 4 aromatic rings. The first-order chi connectivity index (χ1) is 16.2. The molecular weight excluding hydrogens is 410 g/mol. The van der Waals surface area contributed by atoms with E-state index in [-0.39, 0.29) is 0 Å². The van der Waals surface area contributed by atoms with E-state index < -0.39 is 0 Å². The van der Waals surface area contributed by atoms with Gasteiger partial charge < -0.3 is 14.8 Å². The smallest absolute Gasteiger partial charge is 0.160 e. The summed E-state index contributed by atoms with van der Waals surface area (Å²) in [4.78, 5) is 4.81. The maximum Gasteiger partial charge on any atom is 0.160 e. The van der Waals surface area contributed by atoms with E-state index >= 15 is 0 Å². The van der Waals surface area contributed by atoms with E-state index in [0.29, 0.717) is 29.4 Å². The number of anilines is 1. The van der Waals surface area contributed by atoms with Crippen molar-refractivity contribution < 1.29 is 9.47 Å². The fourth-order valence-corrected chi connectivity index (χ4v) is 3.75. The van der Waals surface area contributed by atoms with Crippen LogP contribution < -0.4 is 14.8 Å². The van der Waals surface area contributed by atoms with Crippen LogP contribution in [0.5, 0.6) is 11.5 Å². The van der Waals surface area contributed by atoms with Crippen LogP contribution in [0.15, 0.2) is 84.9 Å². The molecule has 5 heteroatoms. The Morgan fingerprint density at radius 1 is 0.818 bits per heavy atom. The number of ether oxygens (including phenoxy) is 2. The molecular formula is C28H25N3O2. The van der Waals surface area contributed by atoms with Crippen molar-refractivity contribution in [1.29, 1.82) is 5.26 Å². The van der Waals surface area contributed by atoms with Gasteiger partial charge in [-0.15, -0.1) is 0 Å². The Morgan fingerprint density at radius 3 is 2.12 bits per heavy atom. The lowest BCUT2D eigenvalue weighted by Crippen LogP contribution is -2.09. The van der Waals surface area contributed by atoms with E-state index in [2.05, 4.69) is 11.4 Å². The van der Waals surface area contributed by atoms with E-state index in [1.807, 2.05) is 84.9 Å². The number of pyridine rings is 1. The average molecular weight is 436 g/mol. The number of rotatable bonds is 8. The number of aromatic nitrogens is 1. The van der Waals surface area contributed by atoms with Gasteiger partial charge in [-0.2, -0.15) is 5.26 Å². The molecule has 4 rings (SSSR count). The molecule has 0 unspecified atom stereocenters. The Hall–Kier alpha value is -4.30. The number of hydrogen-bond acceptors (Lipinski definition) is 5. The second kappa shape index (κ2) is 10.3. The van der Waals surface area contributed by atoms with Crippen molar-refractivity contribution in [2.45, 2.75) is 6.42 Å². The molecule has 0 saturated carbocycles. The lowest BCUT2D eigenvalue weighted by Gasteiger charge is -2.15. The summed E-state index contributed by atoms with van der Waals surface area (Å²) in [5.41, 5.74) is 5.30. The third kappa shape index (κ3) is 4.97. The van der Waals surface area contributed by atoms with Crippen LogP contribution in [0.1, 0.15) is 11.1 Å². The highest BCUT2D eigenvalue weighted by Gasteiger charge is 2.15. The second-order valence-electron chi connectivity index (χ2n) is 7.49. The third-order valence-corrected chi connectivity index (χ3v) is 5.44. The number of benzene rings is 3. The summed E-state index contributed by atoms with van der Waals surface area (Å²) in [5, 5.41) is 13.4. The van der Waals surface area contributed by atoms with Crippen LogP contribution >= 0.6 is 0 Å². The number of nitrogens with zero attached hydrogens (tertiary/aromatic N) is 2. The zero-order chi connectivity index (χ0) is 23.0. The molecule has 0 aliphatic carbocycles. The van der Waals surface area contributed by atoms with Crippen molar-refractivity contribution in [2.24, 2.45) is 0 Å². The van der Waals surface area contributed by atoms with E-state index in [1.165, 1.54) is 0 Å². The fourth-order valence-electron chi connectivity index (χ4n) is 3.75. The number of hydrogen-bond donors (Lipinski definition) is 1. The Bertz CT molecular complexity index is 1270. The highest BCUT2D eigenvalue weighted by molar-refractivity contribution is 5.80. The maximum absolute atomic E-state index is 10.0. The largest absolute Gasteiger partial charge is 0.493 e. The fraction of sp³-hybridized carbons (Fsp3) is 0.143. The second-order valence-corrected chi connectivity index (χ2v) is 7.49. The van der Waals surface area contributed by atoms with Gasteiger partial charge in [0.05, 0.1) is 19.9 Å². The van der Waals surface area contributed by atoms with Crippen molar-refractivity contribution in [3.8, 4) is 40.0 Å². The lowest BCUT2D eigenvalue weighted by molar-refractivity contribution is 0.354. The monoisotopic (exact) mass is 435 g/mol. The SMILES string of the molecule is COc1ccc(CCNc2nc(-c3ccccc3)cc(-c3ccccc3)c2C#N)cc1OC. The van der Waals surface area contributed by atoms with Gasteiger partial charge in [0.1, 0.15) is 17.5 Å². The normalized spacial score (nSPS) is 10.3. The Labute approximate surface area is 194 Å². The van der Waals surface area contributed by atoms with Gasteiger partial charge in [0.15, 0.2) is 11.5 Å². The molecule has 0 aliphatic heterocycles. The molecule has 33 heavy (non-hydrogen) atoms. The minimum atomic E-state index is 0.535. The van der Waals surface area contributed by atoms with Gasteiger partial charge >= 0.3 is 0 Å². The molecule has 1 heterocycles. The van der Waals surface area contributed by atoms with E-state index in [9.17, 15) is 5.26 Å². The molecule has 0 saturated heterocycles. The van der Waals surface area contributed by atoms with Crippen molar-refractivity contribution >= 4 is 5.82 Å². The molecule has 0 spiro atoms. The predicted molar refractivity (Wildman–Crippen MR) is 132 cm³/mol. The summed E-state index contributed by atoms with van der Waals surface area (Å²) in [6, 6.07) is 30.2. The molecule has 0 atom stereocenters. The summed E-state index contributed by atoms with van der Waals surface area (Å²) in [5.74, 6) is 1.98. The van der Waals surface area contributed by atoms with Crippen LogP contribution in [0, 0.1) is 11.3 Å². The molecule has 5 nitrogen and oxygen atoms in total. The predicted octanol–water partition coefficient (Wildman–Crippen LogP) is 5.96. The van der Waals surface area contributed by atoms with Crippen molar-refractivity contribution in [3.05, 3.63) is 96.1 Å². The quantitative estimate of drug-likeness (QED) is 0.370. The van der Waals surface area contributed by atoms with Crippen LogP contribution in [0.25, 0.3) is 22.4 Å². The average Bonchev–Trinajstić information content (AvgIpc) is 2.89. The summed E-state index contributed by atoms with van der Waals surface area (Å²) < 4.78 is 10.7. The van der Waals surface area contributed by atoms with Gasteiger partial charge in [0, 0.05) is 17.7 Å². The molecule has 164 valence electrons. The number of methoxy groups -OCH3 is 2. The summed E-state index contributed by atoms with van der Waals surface area (Å²) in [6.45, 7) is 0.615. The minimum absolute atomic E-state index is 0.535. The van der Waals surface area contributed by atoms with Gasteiger partial charge in [-0.05, 0) is 35.7 Å². The molecule has 3 aromatic carbocycles. The molecule has 0 bridgehead atoms. The van der Waals surface area contributed by atoms with Gasteiger partial charge in [0.25, 0.3) is 0 Å². The molecule has 0 radical (unpaired) electrons. The molecule has 1 aromatic heterocycles. The van der Waals surface area contributed by atoms with Crippen LogP contribution in [-0.4, -0.2) is 25.7 Å². The number of nitriles is 1. The van der Waals surface area contributed by atoms with Crippen LogP contribution in [0.2, 0.25) is 0 Å². The highest BCUT2D eigenvalue weighted by Crippen LogP contribution is 2.32. The topological polar surface area (TPSA) is 67.2 Å². The van der Waals surface area contributed by atoms with Gasteiger partial charge in [-0.3, -0.25) is 0 Å². The van der Waals surface area contributed by atoms with Crippen LogP contribution in [0.3, 0.4) is 0 Å². The Morgan fingerprint density at radius 2 is 1.48 bits per heavy atom. The summed E-state index contributed by atoms with van der Waals surface area (Å²) in [7, 11) is 3.25. The standard InChI is InChI=1S/C28H25N3O2/c1-32-26-14-13-20(17-27(26)33-2)15-16-30-28-24(19-29)23(21-9-5-3-6-10-21)18-25(31-28)22-11-7-4-8-12-22/h3-14,17-18H,15-16H2,1-2H3,(H,30,31). The van der Waals surface area contributed by atoms with Crippen LogP contribution in [0.4, 0.5) is 5.82 Å². The lowest BCUT2D eigenvalue weighted by atomic mass is 9.98. The minimum Gasteiger partial charge on any atom is -0.493 e. The summed E-state index contributed by atoms with van der Waals surface area (Å²) in [6.07, 6.45) is 0.739. The van der Waals surface area contributed by atoms with Crippen molar-refractivity contribution in [3.63, 3.8) is 0 Å². The zero-order valence-corrected chi connectivity index (χ0v) is 18.7. The highest BCUT2D eigenvalue weighted by atomic mass is 16.5. The molecule has 0 fully saturated rings. The van der Waals surface area contributed by atoms with E-state index in [0.717, 1.165) is 34.4 Å². The number of nitrogens with one attached hydrogen (secondary N) is 1. The third-order valence-electron chi connectivity index (χ3n) is 5.44. The Kier molecular flexibility index (Phi) is 6.87. The van der Waals surface area contributed by atoms with Gasteiger partial charge in [0.2, 0.25) is 0 Å². The van der Waals surface area contributed by atoms with Crippen molar-refractivity contribution in [2.75, 3.05) is 26.1 Å². The summed E-state index contributed by atoms with van der Waals surface area (Å²) >= 11 is 0. The maximum atomic E-state index is 10.0. The van der Waals surface area contributed by atoms with Gasteiger partial charge in [-0.1, -0.05) is 66.7 Å². The first-order valence-electron chi connectivity index (χ1n) is 10.7. The Balaban J connectivity index is 1.66. The molecule has 0 aliphatic rings. The van der Waals surface area contributed by atoms with E-state index in [4.69, 9.17) is 14.5 Å². The van der Waals surface area contributed by atoms with Crippen LogP contribution in [-0.2, 0) is 6.42 Å². The molecule has 0 amide bonds.